The zero-order valence-electron chi connectivity index (χ0n) is 39.8. The molecule has 2 aliphatic rings. The maximum atomic E-state index is 14.2. The highest BCUT2D eigenvalue weighted by molar-refractivity contribution is 6.04. The van der Waals surface area contributed by atoms with Gasteiger partial charge in [-0.3, -0.25) is 19.2 Å². The van der Waals surface area contributed by atoms with Crippen molar-refractivity contribution in [2.75, 3.05) is 46.6 Å². The maximum Gasteiger partial charge on any atom is 0.255 e. The molecule has 0 aliphatic heterocycles. The van der Waals surface area contributed by atoms with Gasteiger partial charge in [0.2, 0.25) is 0 Å². The predicted molar refractivity (Wildman–Crippen MR) is 253 cm³/mol. The van der Waals surface area contributed by atoms with Gasteiger partial charge in [-0.15, -0.1) is 0 Å². The standard InChI is InChI=1S/C50H80N6O8/c1-33(2)21-27-63-46-32-47(64-28-22-34(3)4)43(30-42(46)49(59)54-37-15-13-36(53-6)14-16-37)50(60)56-39-19-17-38(18-20-39)55-48(58)41-29-40(35(5)57)44(61-25-11-7-9-23-51)31-45(41)62-26-12-8-10-24-52/h29-34,36-39,53H,7-28,51-52H2,1-6H3,(H,54,59)(H,55,58)(H,56,60). The van der Waals surface area contributed by atoms with Gasteiger partial charge in [-0.1, -0.05) is 27.7 Å². The summed E-state index contributed by atoms with van der Waals surface area (Å²) in [4.78, 5) is 55.0. The molecule has 0 saturated heterocycles. The average molecular weight is 893 g/mol. The van der Waals surface area contributed by atoms with Crippen LogP contribution in [-0.4, -0.2) is 94.2 Å². The first-order valence-electron chi connectivity index (χ1n) is 24.2. The number of amides is 3. The van der Waals surface area contributed by atoms with Crippen molar-refractivity contribution in [1.82, 2.24) is 21.3 Å². The fourth-order valence-corrected chi connectivity index (χ4v) is 8.13. The van der Waals surface area contributed by atoms with Crippen LogP contribution < -0.4 is 51.7 Å². The summed E-state index contributed by atoms with van der Waals surface area (Å²) in [6, 6.07) is 6.76. The summed E-state index contributed by atoms with van der Waals surface area (Å²) in [6.45, 7) is 12.8. The van der Waals surface area contributed by atoms with E-state index in [1.165, 1.54) is 6.92 Å². The van der Waals surface area contributed by atoms with Gasteiger partial charge < -0.3 is 51.7 Å². The zero-order chi connectivity index (χ0) is 46.4. The molecule has 14 heteroatoms. The van der Waals surface area contributed by atoms with Gasteiger partial charge in [0.05, 0.1) is 48.7 Å². The van der Waals surface area contributed by atoms with Gasteiger partial charge in [-0.05, 0) is 154 Å². The van der Waals surface area contributed by atoms with Gasteiger partial charge in [0.25, 0.3) is 17.7 Å². The molecule has 8 N–H and O–H groups in total. The van der Waals surface area contributed by atoms with Crippen LogP contribution in [0, 0.1) is 11.8 Å². The zero-order valence-corrected chi connectivity index (χ0v) is 39.8. The van der Waals surface area contributed by atoms with Crippen molar-refractivity contribution >= 4 is 23.5 Å². The first-order chi connectivity index (χ1) is 30.8. The molecule has 2 fully saturated rings. The average Bonchev–Trinajstić information content (AvgIpc) is 3.26. The molecule has 0 spiro atoms. The fourth-order valence-electron chi connectivity index (χ4n) is 8.13. The van der Waals surface area contributed by atoms with Crippen molar-refractivity contribution in [3.05, 3.63) is 46.5 Å². The SMILES string of the molecule is CNC1CCC(NC(=O)c2cc(C(=O)NC3CCC(NC(=O)c4cc(C(C)=O)c(OCCCCCN)cc4OCCCCCN)CC3)c(OCCC(C)C)cc2OCCC(C)C)CC1. The van der Waals surface area contributed by atoms with Crippen molar-refractivity contribution in [3.63, 3.8) is 0 Å². The number of carbonyl (C=O) groups is 4. The normalized spacial score (nSPS) is 18.7. The first-order valence-corrected chi connectivity index (χ1v) is 24.2. The molecule has 0 heterocycles. The molecule has 2 aliphatic carbocycles. The van der Waals surface area contributed by atoms with Crippen molar-refractivity contribution in [1.29, 1.82) is 0 Å². The van der Waals surface area contributed by atoms with Crippen molar-refractivity contribution in [3.8, 4) is 23.0 Å². The highest BCUT2D eigenvalue weighted by Gasteiger charge is 2.30. The Hall–Kier alpha value is -4.40. The predicted octanol–water partition coefficient (Wildman–Crippen LogP) is 7.49. The van der Waals surface area contributed by atoms with E-state index < -0.39 is 0 Å². The molecule has 0 atom stereocenters. The monoisotopic (exact) mass is 893 g/mol. The lowest BCUT2D eigenvalue weighted by atomic mass is 9.90. The third kappa shape index (κ3) is 17.2. The van der Waals surface area contributed by atoms with Crippen molar-refractivity contribution in [2.45, 2.75) is 162 Å². The van der Waals surface area contributed by atoms with Crippen LogP contribution in [0.5, 0.6) is 23.0 Å². The highest BCUT2D eigenvalue weighted by Crippen LogP contribution is 2.34. The number of hydrogen-bond donors (Lipinski definition) is 6. The van der Waals surface area contributed by atoms with E-state index in [1.807, 2.05) is 7.05 Å². The topological polar surface area (TPSA) is 205 Å². The lowest BCUT2D eigenvalue weighted by Gasteiger charge is -2.30. The van der Waals surface area contributed by atoms with Crippen LogP contribution in [-0.2, 0) is 0 Å². The summed E-state index contributed by atoms with van der Waals surface area (Å²) in [6.07, 6.45) is 12.9. The molecule has 2 aromatic carbocycles. The van der Waals surface area contributed by atoms with Crippen molar-refractivity contribution < 1.29 is 38.1 Å². The summed E-state index contributed by atoms with van der Waals surface area (Å²) in [5.74, 6) is 1.24. The summed E-state index contributed by atoms with van der Waals surface area (Å²) < 4.78 is 24.8. The van der Waals surface area contributed by atoms with Gasteiger partial charge in [0, 0.05) is 36.3 Å². The summed E-state index contributed by atoms with van der Waals surface area (Å²) in [5.41, 5.74) is 12.5. The summed E-state index contributed by atoms with van der Waals surface area (Å²) in [5, 5.41) is 13.0. The molecule has 2 aromatic rings. The van der Waals surface area contributed by atoms with Crippen LogP contribution in [0.4, 0.5) is 0 Å². The highest BCUT2D eigenvalue weighted by atomic mass is 16.5. The Balaban J connectivity index is 1.49. The number of ether oxygens (including phenoxy) is 4. The molecule has 358 valence electrons. The fraction of sp³-hybridized carbons (Fsp3) is 0.680. The number of rotatable bonds is 28. The Morgan fingerprint density at radius 3 is 1.16 bits per heavy atom. The van der Waals surface area contributed by atoms with Gasteiger partial charge in [-0.2, -0.15) is 0 Å². The third-order valence-electron chi connectivity index (χ3n) is 12.3. The van der Waals surface area contributed by atoms with E-state index in [0.717, 1.165) is 77.0 Å². The Kier molecular flexibility index (Phi) is 22.7. The summed E-state index contributed by atoms with van der Waals surface area (Å²) in [7, 11) is 1.97. The lowest BCUT2D eigenvalue weighted by Crippen LogP contribution is -2.44. The smallest absolute Gasteiger partial charge is 0.255 e. The van der Waals surface area contributed by atoms with Crippen LogP contribution in [0.25, 0.3) is 0 Å². The minimum atomic E-state index is -0.332. The van der Waals surface area contributed by atoms with Crippen LogP contribution in [0.15, 0.2) is 24.3 Å². The molecule has 0 unspecified atom stereocenters. The van der Waals surface area contributed by atoms with Crippen LogP contribution in [0.1, 0.15) is 179 Å². The number of unbranched alkanes of at least 4 members (excludes halogenated alkanes) is 4. The second-order valence-corrected chi connectivity index (χ2v) is 18.5. The van der Waals surface area contributed by atoms with Gasteiger partial charge in [0.15, 0.2) is 5.78 Å². The van der Waals surface area contributed by atoms with E-state index >= 15 is 0 Å². The molecular formula is C50H80N6O8. The van der Waals surface area contributed by atoms with Crippen LogP contribution >= 0.6 is 0 Å². The minimum Gasteiger partial charge on any atom is -0.493 e. The number of nitrogens with two attached hydrogens (primary N) is 2. The molecule has 0 radical (unpaired) electrons. The number of nitrogens with one attached hydrogen (secondary N) is 4. The van der Waals surface area contributed by atoms with Crippen LogP contribution in [0.3, 0.4) is 0 Å². The first kappa shape index (κ1) is 52.2. The lowest BCUT2D eigenvalue weighted by molar-refractivity contribution is 0.0885. The second-order valence-electron chi connectivity index (χ2n) is 18.5. The quantitative estimate of drug-likeness (QED) is 0.0365. The Morgan fingerprint density at radius 1 is 0.500 bits per heavy atom. The minimum absolute atomic E-state index is 0.0346. The van der Waals surface area contributed by atoms with Gasteiger partial charge >= 0.3 is 0 Å². The Labute approximate surface area is 382 Å². The van der Waals surface area contributed by atoms with E-state index in [0.29, 0.717) is 123 Å². The number of benzene rings is 2. The molecule has 0 bridgehead atoms. The largest absolute Gasteiger partial charge is 0.493 e. The molecule has 2 saturated carbocycles. The van der Waals surface area contributed by atoms with E-state index in [1.54, 1.807) is 24.3 Å². The molecule has 0 aromatic heterocycles. The molecule has 14 nitrogen and oxygen atoms in total. The van der Waals surface area contributed by atoms with Crippen molar-refractivity contribution in [2.24, 2.45) is 23.3 Å². The molecular weight excluding hydrogens is 813 g/mol. The van der Waals surface area contributed by atoms with Crippen LogP contribution in [0.2, 0.25) is 0 Å². The van der Waals surface area contributed by atoms with E-state index in [9.17, 15) is 19.2 Å². The molecule has 4 rings (SSSR count). The molecule has 64 heavy (non-hydrogen) atoms. The Bertz CT molecular complexity index is 1770. The van der Waals surface area contributed by atoms with Gasteiger partial charge in [-0.25, -0.2) is 0 Å². The summed E-state index contributed by atoms with van der Waals surface area (Å²) >= 11 is 0. The third-order valence-corrected chi connectivity index (χ3v) is 12.3. The number of carbonyl (C=O) groups excluding carboxylic acids is 4. The van der Waals surface area contributed by atoms with E-state index in [2.05, 4.69) is 49.0 Å². The number of ketones is 1. The molecule has 3 amide bonds. The van der Waals surface area contributed by atoms with E-state index in [-0.39, 0.29) is 47.2 Å². The maximum absolute atomic E-state index is 14.2. The number of hydrogen-bond acceptors (Lipinski definition) is 11. The number of Topliss-reactive ketones (excluding diaryl/α,β-unsaturated/α-hetero) is 1. The van der Waals surface area contributed by atoms with Gasteiger partial charge in [0.1, 0.15) is 23.0 Å². The van der Waals surface area contributed by atoms with E-state index in [4.69, 9.17) is 30.4 Å². The second kappa shape index (κ2) is 27.8. The Morgan fingerprint density at radius 2 is 0.828 bits per heavy atom.